The second-order valence-corrected chi connectivity index (χ2v) is 3.52. The molecule has 5 heteroatoms. The molecule has 16 heavy (non-hydrogen) atoms. The predicted octanol–water partition coefficient (Wildman–Crippen LogP) is 1.92. The van der Waals surface area contributed by atoms with E-state index in [1.807, 2.05) is 24.3 Å². The van der Waals surface area contributed by atoms with Crippen LogP contribution in [0.25, 0.3) is 0 Å². The highest BCUT2D eigenvalue weighted by molar-refractivity contribution is 6.32. The van der Waals surface area contributed by atoms with Gasteiger partial charge in [0.05, 0.1) is 18.2 Å². The number of halogens is 1. The Kier molecular flexibility index (Phi) is 5.57. The molecule has 1 atom stereocenters. The smallest absolute Gasteiger partial charge is 0.373 e. The standard InChI is InChI=1S/C10H11ClO2.CO2/c11-9-3-1-2-4-10(9)13-8-5-6-12-7-8;2-1-3/h1-4,8H,5-7H2;. The van der Waals surface area contributed by atoms with Crippen LogP contribution >= 0.6 is 11.6 Å². The Hall–Kier alpha value is -1.35. The van der Waals surface area contributed by atoms with Crippen LogP contribution in [0, 0.1) is 0 Å². The molecule has 0 saturated carbocycles. The number of hydrogen-bond donors (Lipinski definition) is 0. The second-order valence-electron chi connectivity index (χ2n) is 3.12. The zero-order chi connectivity index (χ0) is 11.8. The van der Waals surface area contributed by atoms with Crippen LogP contribution in [0.1, 0.15) is 6.42 Å². The zero-order valence-corrected chi connectivity index (χ0v) is 9.27. The first-order valence-corrected chi connectivity index (χ1v) is 5.14. The van der Waals surface area contributed by atoms with E-state index in [4.69, 9.17) is 30.7 Å². The number of benzene rings is 1. The molecule has 0 amide bonds. The van der Waals surface area contributed by atoms with E-state index in [0.717, 1.165) is 18.8 Å². The molecule has 0 aliphatic carbocycles. The highest BCUT2D eigenvalue weighted by Gasteiger charge is 2.17. The fourth-order valence-electron chi connectivity index (χ4n) is 1.33. The van der Waals surface area contributed by atoms with E-state index in [1.165, 1.54) is 0 Å². The monoisotopic (exact) mass is 242 g/mol. The van der Waals surface area contributed by atoms with Crippen molar-refractivity contribution < 1.29 is 19.1 Å². The lowest BCUT2D eigenvalue weighted by Gasteiger charge is -2.12. The minimum atomic E-state index is 0.167. The molecule has 4 nitrogen and oxygen atoms in total. The topological polar surface area (TPSA) is 52.6 Å². The molecule has 0 bridgehead atoms. The maximum absolute atomic E-state index is 8.12. The third kappa shape index (κ3) is 4.03. The van der Waals surface area contributed by atoms with Crippen molar-refractivity contribution in [2.24, 2.45) is 0 Å². The van der Waals surface area contributed by atoms with Crippen LogP contribution in [-0.2, 0) is 14.3 Å². The lowest BCUT2D eigenvalue weighted by atomic mass is 10.3. The van der Waals surface area contributed by atoms with Gasteiger partial charge in [-0.05, 0) is 12.1 Å². The summed E-state index contributed by atoms with van der Waals surface area (Å²) in [5.74, 6) is 0.750. The fourth-order valence-corrected chi connectivity index (χ4v) is 1.51. The minimum Gasteiger partial charge on any atom is -0.486 e. The summed E-state index contributed by atoms with van der Waals surface area (Å²) < 4.78 is 10.9. The first kappa shape index (κ1) is 12.7. The van der Waals surface area contributed by atoms with E-state index < -0.39 is 0 Å². The highest BCUT2D eigenvalue weighted by atomic mass is 35.5. The Morgan fingerprint density at radius 3 is 2.62 bits per heavy atom. The molecule has 1 aliphatic heterocycles. The third-order valence-electron chi connectivity index (χ3n) is 2.02. The Morgan fingerprint density at radius 2 is 2.06 bits per heavy atom. The van der Waals surface area contributed by atoms with Gasteiger partial charge in [0.15, 0.2) is 0 Å². The molecule has 1 unspecified atom stereocenters. The summed E-state index contributed by atoms with van der Waals surface area (Å²) in [4.78, 5) is 16.2. The highest BCUT2D eigenvalue weighted by Crippen LogP contribution is 2.25. The van der Waals surface area contributed by atoms with Gasteiger partial charge in [0.2, 0.25) is 0 Å². The quantitative estimate of drug-likeness (QED) is 0.795. The van der Waals surface area contributed by atoms with Crippen LogP contribution < -0.4 is 4.74 Å². The molecule has 1 fully saturated rings. The molecule has 0 aromatic heterocycles. The molecule has 2 rings (SSSR count). The summed E-state index contributed by atoms with van der Waals surface area (Å²) in [5.41, 5.74) is 0. The van der Waals surface area contributed by atoms with Gasteiger partial charge >= 0.3 is 6.15 Å². The molecule has 86 valence electrons. The Bertz CT molecular complexity index is 355. The van der Waals surface area contributed by atoms with Gasteiger partial charge in [-0.2, -0.15) is 9.59 Å². The van der Waals surface area contributed by atoms with E-state index in [9.17, 15) is 0 Å². The number of ether oxygens (including phenoxy) is 2. The average molecular weight is 243 g/mol. The number of carbonyl (C=O) groups excluding carboxylic acids is 2. The van der Waals surface area contributed by atoms with E-state index in [2.05, 4.69) is 0 Å². The maximum atomic E-state index is 8.12. The summed E-state index contributed by atoms with van der Waals surface area (Å²) in [7, 11) is 0. The lowest BCUT2D eigenvalue weighted by Crippen LogP contribution is -2.15. The van der Waals surface area contributed by atoms with Crippen molar-refractivity contribution in [2.75, 3.05) is 13.2 Å². The minimum absolute atomic E-state index is 0.167. The van der Waals surface area contributed by atoms with Crippen molar-refractivity contribution in [3.63, 3.8) is 0 Å². The van der Waals surface area contributed by atoms with Crippen LogP contribution in [0.3, 0.4) is 0 Å². The predicted molar refractivity (Wildman–Crippen MR) is 56.3 cm³/mol. The summed E-state index contributed by atoms with van der Waals surface area (Å²) >= 11 is 5.94. The van der Waals surface area contributed by atoms with E-state index in [-0.39, 0.29) is 12.3 Å². The van der Waals surface area contributed by atoms with Crippen LogP contribution in [0.4, 0.5) is 0 Å². The lowest BCUT2D eigenvalue weighted by molar-refractivity contribution is -0.191. The largest absolute Gasteiger partial charge is 0.486 e. The summed E-state index contributed by atoms with van der Waals surface area (Å²) in [5, 5.41) is 0.661. The van der Waals surface area contributed by atoms with Gasteiger partial charge in [-0.1, -0.05) is 23.7 Å². The van der Waals surface area contributed by atoms with Gasteiger partial charge in [-0.3, -0.25) is 0 Å². The molecule has 1 aliphatic rings. The van der Waals surface area contributed by atoms with Gasteiger partial charge in [-0.25, -0.2) is 0 Å². The van der Waals surface area contributed by atoms with Crippen molar-refractivity contribution in [1.29, 1.82) is 0 Å². The van der Waals surface area contributed by atoms with Crippen molar-refractivity contribution >= 4 is 17.8 Å². The van der Waals surface area contributed by atoms with Crippen molar-refractivity contribution in [3.05, 3.63) is 29.3 Å². The zero-order valence-electron chi connectivity index (χ0n) is 8.52. The molecular weight excluding hydrogens is 232 g/mol. The fraction of sp³-hybridized carbons (Fsp3) is 0.364. The molecule has 0 N–H and O–H groups in total. The van der Waals surface area contributed by atoms with Crippen molar-refractivity contribution in [1.82, 2.24) is 0 Å². The number of hydrogen-bond acceptors (Lipinski definition) is 4. The van der Waals surface area contributed by atoms with Crippen LogP contribution in [0.15, 0.2) is 24.3 Å². The summed E-state index contributed by atoms with van der Waals surface area (Å²) in [6.45, 7) is 1.46. The van der Waals surface area contributed by atoms with Gasteiger partial charge < -0.3 is 9.47 Å². The molecular formula is C11H11ClO4. The van der Waals surface area contributed by atoms with Gasteiger partial charge in [0, 0.05) is 6.42 Å². The van der Waals surface area contributed by atoms with Crippen LogP contribution in [0.2, 0.25) is 5.02 Å². The SMILES string of the molecule is Clc1ccccc1OC1CCOC1.O=C=O. The van der Waals surface area contributed by atoms with Crippen molar-refractivity contribution in [2.45, 2.75) is 12.5 Å². The number of para-hydroxylation sites is 1. The summed E-state index contributed by atoms with van der Waals surface area (Å²) in [6, 6.07) is 7.50. The van der Waals surface area contributed by atoms with Gasteiger partial charge in [0.1, 0.15) is 11.9 Å². The van der Waals surface area contributed by atoms with Crippen LogP contribution in [0.5, 0.6) is 5.75 Å². The maximum Gasteiger partial charge on any atom is 0.373 e. The third-order valence-corrected chi connectivity index (χ3v) is 2.33. The normalized spacial score (nSPS) is 18.2. The average Bonchev–Trinajstić information content (AvgIpc) is 2.75. The summed E-state index contributed by atoms with van der Waals surface area (Å²) in [6.07, 6.45) is 1.37. The van der Waals surface area contributed by atoms with E-state index in [1.54, 1.807) is 0 Å². The molecule has 1 aromatic rings. The Morgan fingerprint density at radius 1 is 1.38 bits per heavy atom. The Labute approximate surface area is 98.1 Å². The molecule has 1 saturated heterocycles. The molecule has 0 radical (unpaired) electrons. The van der Waals surface area contributed by atoms with E-state index >= 15 is 0 Å². The first-order valence-electron chi connectivity index (χ1n) is 4.76. The van der Waals surface area contributed by atoms with E-state index in [0.29, 0.717) is 11.6 Å². The van der Waals surface area contributed by atoms with Gasteiger partial charge in [-0.15, -0.1) is 0 Å². The van der Waals surface area contributed by atoms with Crippen LogP contribution in [-0.4, -0.2) is 25.5 Å². The van der Waals surface area contributed by atoms with Gasteiger partial charge in [0.25, 0.3) is 0 Å². The first-order chi connectivity index (χ1) is 7.77. The molecule has 0 spiro atoms. The van der Waals surface area contributed by atoms with Crippen molar-refractivity contribution in [3.8, 4) is 5.75 Å². The molecule has 1 heterocycles. The number of rotatable bonds is 2. The second kappa shape index (κ2) is 7.01. The molecule has 1 aromatic carbocycles. The Balaban J connectivity index is 0.000000386.